The smallest absolute Gasteiger partial charge is 0.324 e. The second-order valence-electron chi connectivity index (χ2n) is 8.60. The van der Waals surface area contributed by atoms with Crippen LogP contribution >= 0.6 is 0 Å². The van der Waals surface area contributed by atoms with Gasteiger partial charge < -0.3 is 10.6 Å². The summed E-state index contributed by atoms with van der Waals surface area (Å²) in [4.78, 5) is 38.3. The zero-order valence-electron chi connectivity index (χ0n) is 17.6. The average molecular weight is 449 g/mol. The Labute approximate surface area is 182 Å². The van der Waals surface area contributed by atoms with Gasteiger partial charge in [-0.2, -0.15) is 4.31 Å². The van der Waals surface area contributed by atoms with E-state index in [4.69, 9.17) is 0 Å². The third kappa shape index (κ3) is 4.06. The third-order valence-corrected chi connectivity index (χ3v) is 8.45. The number of nitrogens with one attached hydrogen (secondary N) is 2. The maximum Gasteiger partial charge on any atom is 0.325 e. The summed E-state index contributed by atoms with van der Waals surface area (Å²) in [7, 11) is -3.67. The molecule has 31 heavy (non-hydrogen) atoms. The van der Waals surface area contributed by atoms with Gasteiger partial charge in [0.25, 0.3) is 5.91 Å². The van der Waals surface area contributed by atoms with Crippen molar-refractivity contribution in [1.82, 2.24) is 14.5 Å². The topological polar surface area (TPSA) is 116 Å². The van der Waals surface area contributed by atoms with E-state index in [0.717, 1.165) is 37.0 Å². The number of amides is 4. The molecule has 0 aromatic heterocycles. The van der Waals surface area contributed by atoms with E-state index in [-0.39, 0.29) is 10.8 Å². The minimum atomic E-state index is -3.67. The van der Waals surface area contributed by atoms with Gasteiger partial charge in [-0.3, -0.25) is 14.5 Å². The molecule has 0 bridgehead atoms. The Balaban J connectivity index is 1.47. The normalized spacial score (nSPS) is 21.5. The van der Waals surface area contributed by atoms with Crippen LogP contribution < -0.4 is 10.6 Å². The molecule has 9 nitrogen and oxygen atoms in total. The predicted octanol–water partition coefficient (Wildman–Crippen LogP) is 1.97. The molecule has 3 fully saturated rings. The Kier molecular flexibility index (Phi) is 5.78. The van der Waals surface area contributed by atoms with E-state index in [1.807, 2.05) is 0 Å². The Morgan fingerprint density at radius 2 is 1.77 bits per heavy atom. The van der Waals surface area contributed by atoms with Crippen molar-refractivity contribution < 1.29 is 22.8 Å². The van der Waals surface area contributed by atoms with Gasteiger partial charge in [0, 0.05) is 18.8 Å². The summed E-state index contributed by atoms with van der Waals surface area (Å²) >= 11 is 0. The lowest BCUT2D eigenvalue weighted by molar-refractivity contribution is -0.136. The van der Waals surface area contributed by atoms with Crippen molar-refractivity contribution in [2.75, 3.05) is 25.0 Å². The van der Waals surface area contributed by atoms with Gasteiger partial charge in [0.1, 0.15) is 12.1 Å². The van der Waals surface area contributed by atoms with Crippen LogP contribution in [0.2, 0.25) is 0 Å². The first-order valence-corrected chi connectivity index (χ1v) is 12.2. The second-order valence-corrected chi connectivity index (χ2v) is 10.5. The zero-order chi connectivity index (χ0) is 22.2. The van der Waals surface area contributed by atoms with Gasteiger partial charge in [0.05, 0.1) is 4.90 Å². The summed E-state index contributed by atoms with van der Waals surface area (Å²) in [5.41, 5.74) is 0.0768. The van der Waals surface area contributed by atoms with Crippen molar-refractivity contribution in [2.45, 2.75) is 62.3 Å². The number of rotatable bonds is 5. The van der Waals surface area contributed by atoms with Crippen molar-refractivity contribution in [3.63, 3.8) is 0 Å². The van der Waals surface area contributed by atoms with Crippen LogP contribution in [0.25, 0.3) is 0 Å². The monoisotopic (exact) mass is 448 g/mol. The standard InChI is InChI=1S/C21H28N4O5S/c1-15-7-8-16(13-17(15)31(29,30)24-11-4-2-3-5-12-24)22-18(26)14-25-19(27)21(9-6-10-21)23-20(25)28/h7-8,13H,2-6,9-12,14H2,1H3,(H,22,26)(H,23,28). The van der Waals surface area contributed by atoms with Crippen LogP contribution in [0, 0.1) is 6.92 Å². The number of aryl methyl sites for hydroxylation is 1. The van der Waals surface area contributed by atoms with Gasteiger partial charge in [0.15, 0.2) is 0 Å². The van der Waals surface area contributed by atoms with E-state index < -0.39 is 34.0 Å². The fraction of sp³-hybridized carbons (Fsp3) is 0.571. The van der Waals surface area contributed by atoms with E-state index in [9.17, 15) is 22.8 Å². The number of anilines is 1. The lowest BCUT2D eigenvalue weighted by atomic mass is 9.77. The molecule has 0 unspecified atom stereocenters. The molecule has 2 aliphatic heterocycles. The molecule has 1 aliphatic carbocycles. The molecule has 1 spiro atoms. The van der Waals surface area contributed by atoms with Crippen molar-refractivity contribution in [1.29, 1.82) is 0 Å². The average Bonchev–Trinajstić information content (AvgIpc) is 2.88. The van der Waals surface area contributed by atoms with Gasteiger partial charge >= 0.3 is 6.03 Å². The highest BCUT2D eigenvalue weighted by atomic mass is 32.2. The molecule has 10 heteroatoms. The summed E-state index contributed by atoms with van der Waals surface area (Å²) in [6.45, 7) is 2.30. The maximum absolute atomic E-state index is 13.2. The fourth-order valence-electron chi connectivity index (χ4n) is 4.41. The van der Waals surface area contributed by atoms with E-state index in [2.05, 4.69) is 10.6 Å². The molecule has 1 aromatic rings. The highest BCUT2D eigenvalue weighted by Gasteiger charge is 2.54. The summed E-state index contributed by atoms with van der Waals surface area (Å²) in [5, 5.41) is 5.32. The number of imide groups is 1. The van der Waals surface area contributed by atoms with Crippen LogP contribution in [0.5, 0.6) is 0 Å². The molecule has 2 heterocycles. The van der Waals surface area contributed by atoms with Crippen LogP contribution in [0.15, 0.2) is 23.1 Å². The quantitative estimate of drug-likeness (QED) is 0.668. The first kappa shape index (κ1) is 21.8. The van der Waals surface area contributed by atoms with Crippen molar-refractivity contribution >= 4 is 33.6 Å². The fourth-order valence-corrected chi connectivity index (χ4v) is 6.18. The van der Waals surface area contributed by atoms with Gasteiger partial charge in [-0.15, -0.1) is 0 Å². The molecule has 2 N–H and O–H groups in total. The van der Waals surface area contributed by atoms with Gasteiger partial charge in [0.2, 0.25) is 15.9 Å². The number of carbonyl (C=O) groups is 3. The van der Waals surface area contributed by atoms with Gasteiger partial charge in [-0.1, -0.05) is 18.9 Å². The predicted molar refractivity (Wildman–Crippen MR) is 114 cm³/mol. The molecular weight excluding hydrogens is 420 g/mol. The minimum absolute atomic E-state index is 0.163. The minimum Gasteiger partial charge on any atom is -0.324 e. The van der Waals surface area contributed by atoms with Crippen molar-refractivity contribution in [3.05, 3.63) is 23.8 Å². The largest absolute Gasteiger partial charge is 0.325 e. The molecule has 168 valence electrons. The van der Waals surface area contributed by atoms with Crippen molar-refractivity contribution in [2.24, 2.45) is 0 Å². The first-order valence-electron chi connectivity index (χ1n) is 10.8. The maximum atomic E-state index is 13.2. The van der Waals surface area contributed by atoms with Crippen LogP contribution in [0.1, 0.15) is 50.5 Å². The molecule has 4 amide bonds. The lowest BCUT2D eigenvalue weighted by Gasteiger charge is -2.34. The Morgan fingerprint density at radius 1 is 1.10 bits per heavy atom. The third-order valence-electron chi connectivity index (χ3n) is 6.41. The first-order chi connectivity index (χ1) is 14.7. The van der Waals surface area contributed by atoms with Crippen LogP contribution in [-0.4, -0.2) is 60.6 Å². The number of benzene rings is 1. The summed E-state index contributed by atoms with van der Waals surface area (Å²) < 4.78 is 27.9. The Bertz CT molecular complexity index is 1010. The van der Waals surface area contributed by atoms with Gasteiger partial charge in [-0.05, 0) is 56.7 Å². The van der Waals surface area contributed by atoms with Gasteiger partial charge in [-0.25, -0.2) is 13.2 Å². The number of hydrogen-bond acceptors (Lipinski definition) is 5. The summed E-state index contributed by atoms with van der Waals surface area (Å²) in [6.07, 6.45) is 5.75. The van der Waals surface area contributed by atoms with Crippen LogP contribution in [0.4, 0.5) is 10.5 Å². The highest BCUT2D eigenvalue weighted by Crippen LogP contribution is 2.37. The number of hydrogen-bond donors (Lipinski definition) is 2. The summed E-state index contributed by atoms with van der Waals surface area (Å²) in [6, 6.07) is 4.16. The lowest BCUT2D eigenvalue weighted by Crippen LogP contribution is -2.52. The molecule has 2 saturated heterocycles. The van der Waals surface area contributed by atoms with E-state index in [1.54, 1.807) is 19.1 Å². The van der Waals surface area contributed by atoms with Crippen LogP contribution in [0.3, 0.4) is 0 Å². The van der Waals surface area contributed by atoms with Crippen LogP contribution in [-0.2, 0) is 19.6 Å². The molecule has 0 radical (unpaired) electrons. The zero-order valence-corrected chi connectivity index (χ0v) is 18.5. The molecule has 0 atom stereocenters. The second kappa shape index (κ2) is 8.23. The number of sulfonamides is 1. The van der Waals surface area contributed by atoms with E-state index in [1.165, 1.54) is 10.4 Å². The molecular formula is C21H28N4O5S. The Morgan fingerprint density at radius 3 is 2.35 bits per heavy atom. The number of urea groups is 1. The molecule has 4 rings (SSSR count). The van der Waals surface area contributed by atoms with Crippen molar-refractivity contribution in [3.8, 4) is 0 Å². The molecule has 1 aromatic carbocycles. The number of carbonyl (C=O) groups excluding carboxylic acids is 3. The highest BCUT2D eigenvalue weighted by molar-refractivity contribution is 7.89. The number of nitrogens with zero attached hydrogens (tertiary/aromatic N) is 2. The van der Waals surface area contributed by atoms with E-state index in [0.29, 0.717) is 37.2 Å². The Hall–Kier alpha value is -2.46. The SMILES string of the molecule is Cc1ccc(NC(=O)CN2C(=O)NC3(CCC3)C2=O)cc1S(=O)(=O)N1CCCCCC1. The van der Waals surface area contributed by atoms with E-state index >= 15 is 0 Å². The summed E-state index contributed by atoms with van der Waals surface area (Å²) in [5.74, 6) is -0.922. The molecule has 3 aliphatic rings. The molecule has 1 saturated carbocycles.